The van der Waals surface area contributed by atoms with Gasteiger partial charge in [0.25, 0.3) is 0 Å². The van der Waals surface area contributed by atoms with E-state index in [4.69, 9.17) is 17.3 Å². The fourth-order valence-corrected chi connectivity index (χ4v) is 4.07. The number of nitrogen functional groups attached to an aromatic ring is 1. The summed E-state index contributed by atoms with van der Waals surface area (Å²) in [5.41, 5.74) is 7.99. The van der Waals surface area contributed by atoms with Gasteiger partial charge in [0.05, 0.1) is 0 Å². The fraction of sp³-hybridized carbons (Fsp3) is 0.200. The van der Waals surface area contributed by atoms with Gasteiger partial charge in [0, 0.05) is 41.8 Å². The molecule has 144 valence electrons. The smallest absolute Gasteiger partial charge is 0.156 e. The van der Waals surface area contributed by atoms with Crippen molar-refractivity contribution < 1.29 is 4.39 Å². The molecule has 4 rings (SSSR count). The van der Waals surface area contributed by atoms with Crippen LogP contribution in [0.25, 0.3) is 0 Å². The van der Waals surface area contributed by atoms with Gasteiger partial charge >= 0.3 is 0 Å². The molecule has 28 heavy (non-hydrogen) atoms. The molecule has 8 heteroatoms. The highest BCUT2D eigenvalue weighted by Gasteiger charge is 2.21. The summed E-state index contributed by atoms with van der Waals surface area (Å²) in [6, 6.07) is 14.2. The summed E-state index contributed by atoms with van der Waals surface area (Å²) in [6.45, 7) is 3.19. The van der Waals surface area contributed by atoms with Gasteiger partial charge in [-0.3, -0.25) is 0 Å². The van der Waals surface area contributed by atoms with Gasteiger partial charge in [0.15, 0.2) is 5.82 Å². The lowest BCUT2D eigenvalue weighted by Gasteiger charge is -2.37. The predicted molar refractivity (Wildman–Crippen MR) is 113 cm³/mol. The maximum Gasteiger partial charge on any atom is 0.156 e. The molecule has 1 aliphatic heterocycles. The first-order chi connectivity index (χ1) is 13.6. The number of rotatable bonds is 4. The van der Waals surface area contributed by atoms with Crippen LogP contribution in [0, 0.1) is 5.82 Å². The molecule has 2 aromatic carbocycles. The van der Waals surface area contributed by atoms with Gasteiger partial charge in [-0.2, -0.15) is 0 Å². The number of aromatic nitrogens is 2. The van der Waals surface area contributed by atoms with Crippen molar-refractivity contribution in [3.63, 3.8) is 0 Å². The SMILES string of the molecule is Nc1c(Sc2ccc(Cl)cc2)ncnc1N1CCN(c2ccc(F)cc2)CC1. The topological polar surface area (TPSA) is 58.3 Å². The summed E-state index contributed by atoms with van der Waals surface area (Å²) in [5, 5.41) is 1.42. The third-order valence-electron chi connectivity index (χ3n) is 4.63. The van der Waals surface area contributed by atoms with Crippen LogP contribution in [0.1, 0.15) is 0 Å². The van der Waals surface area contributed by atoms with E-state index in [-0.39, 0.29) is 5.82 Å². The summed E-state index contributed by atoms with van der Waals surface area (Å²) in [6.07, 6.45) is 1.55. The lowest BCUT2D eigenvalue weighted by atomic mass is 10.2. The third kappa shape index (κ3) is 4.15. The normalized spacial score (nSPS) is 14.4. The highest BCUT2D eigenvalue weighted by atomic mass is 35.5. The van der Waals surface area contributed by atoms with Crippen LogP contribution >= 0.6 is 23.4 Å². The van der Waals surface area contributed by atoms with E-state index in [1.165, 1.54) is 23.9 Å². The second-order valence-corrected chi connectivity index (χ2v) is 7.92. The molecule has 2 N–H and O–H groups in total. The number of hydrogen-bond donors (Lipinski definition) is 1. The highest BCUT2D eigenvalue weighted by Crippen LogP contribution is 2.35. The minimum Gasteiger partial charge on any atom is -0.394 e. The molecule has 3 aromatic rings. The first-order valence-corrected chi connectivity index (χ1v) is 10.1. The minimum atomic E-state index is -0.220. The van der Waals surface area contributed by atoms with Gasteiger partial charge in [0.2, 0.25) is 0 Å². The van der Waals surface area contributed by atoms with Crippen LogP contribution in [0.2, 0.25) is 5.02 Å². The van der Waals surface area contributed by atoms with Gasteiger partial charge < -0.3 is 15.5 Å². The van der Waals surface area contributed by atoms with Crippen LogP contribution < -0.4 is 15.5 Å². The van der Waals surface area contributed by atoms with Crippen LogP contribution in [0.4, 0.5) is 21.6 Å². The van der Waals surface area contributed by atoms with Crippen molar-refractivity contribution in [1.82, 2.24) is 9.97 Å². The van der Waals surface area contributed by atoms with Crippen molar-refractivity contribution in [1.29, 1.82) is 0 Å². The molecule has 1 aliphatic rings. The van der Waals surface area contributed by atoms with Gasteiger partial charge in [-0.1, -0.05) is 23.4 Å². The number of piperazine rings is 1. The van der Waals surface area contributed by atoms with Crippen LogP contribution in [0.15, 0.2) is 64.8 Å². The Hall–Kier alpha value is -2.51. The molecule has 1 fully saturated rings. The van der Waals surface area contributed by atoms with Crippen molar-refractivity contribution >= 4 is 40.6 Å². The maximum absolute atomic E-state index is 13.1. The van der Waals surface area contributed by atoms with Crippen LogP contribution in [0.3, 0.4) is 0 Å². The Bertz CT molecular complexity index is 944. The largest absolute Gasteiger partial charge is 0.394 e. The van der Waals surface area contributed by atoms with E-state index >= 15 is 0 Å². The number of nitrogens with zero attached hydrogens (tertiary/aromatic N) is 4. The third-order valence-corrected chi connectivity index (χ3v) is 5.90. The van der Waals surface area contributed by atoms with E-state index < -0.39 is 0 Å². The molecule has 0 radical (unpaired) electrons. The molecule has 1 aromatic heterocycles. The lowest BCUT2D eigenvalue weighted by Crippen LogP contribution is -2.47. The zero-order chi connectivity index (χ0) is 19.5. The molecule has 0 spiro atoms. The molecule has 1 saturated heterocycles. The molecule has 2 heterocycles. The second-order valence-electron chi connectivity index (χ2n) is 6.42. The average Bonchev–Trinajstić information content (AvgIpc) is 2.72. The molecule has 0 unspecified atom stereocenters. The summed E-state index contributed by atoms with van der Waals surface area (Å²) >= 11 is 7.44. The molecular formula is C20H19ClFN5S. The Morgan fingerprint density at radius 1 is 0.893 bits per heavy atom. The van der Waals surface area contributed by atoms with Gasteiger partial charge in [-0.25, -0.2) is 14.4 Å². The van der Waals surface area contributed by atoms with E-state index in [9.17, 15) is 4.39 Å². The van der Waals surface area contributed by atoms with Crippen molar-refractivity contribution in [2.45, 2.75) is 9.92 Å². The van der Waals surface area contributed by atoms with E-state index in [1.54, 1.807) is 6.33 Å². The zero-order valence-corrected chi connectivity index (χ0v) is 16.6. The first kappa shape index (κ1) is 18.8. The monoisotopic (exact) mass is 415 g/mol. The highest BCUT2D eigenvalue weighted by molar-refractivity contribution is 7.99. The molecule has 0 saturated carbocycles. The second kappa shape index (κ2) is 8.24. The van der Waals surface area contributed by atoms with Crippen LogP contribution in [0.5, 0.6) is 0 Å². The van der Waals surface area contributed by atoms with E-state index in [1.807, 2.05) is 36.4 Å². The quantitative estimate of drug-likeness (QED) is 0.640. The first-order valence-electron chi connectivity index (χ1n) is 8.89. The standard InChI is InChI=1S/C20H19ClFN5S/c21-14-1-7-17(8-2-14)28-20-18(23)19(24-13-25-20)27-11-9-26(10-12-27)16-5-3-15(22)4-6-16/h1-8,13H,9-12,23H2. The summed E-state index contributed by atoms with van der Waals surface area (Å²) in [7, 11) is 0. The van der Waals surface area contributed by atoms with Gasteiger partial charge in [-0.05, 0) is 48.5 Å². The Balaban J connectivity index is 1.46. The van der Waals surface area contributed by atoms with E-state index in [0.717, 1.165) is 47.6 Å². The fourth-order valence-electron chi connectivity index (χ4n) is 3.15. The summed E-state index contributed by atoms with van der Waals surface area (Å²) < 4.78 is 13.1. The Morgan fingerprint density at radius 2 is 1.54 bits per heavy atom. The molecule has 0 aliphatic carbocycles. The van der Waals surface area contributed by atoms with E-state index in [2.05, 4.69) is 19.8 Å². The molecule has 0 atom stereocenters. The maximum atomic E-state index is 13.1. The van der Waals surface area contributed by atoms with Crippen LogP contribution in [-0.4, -0.2) is 36.1 Å². The molecule has 5 nitrogen and oxygen atoms in total. The number of nitrogens with two attached hydrogens (primary N) is 1. The zero-order valence-electron chi connectivity index (χ0n) is 15.1. The Kier molecular flexibility index (Phi) is 5.54. The number of anilines is 3. The van der Waals surface area contributed by atoms with Gasteiger partial charge in [0.1, 0.15) is 22.9 Å². The summed E-state index contributed by atoms with van der Waals surface area (Å²) in [5.74, 6) is 0.534. The van der Waals surface area contributed by atoms with Gasteiger partial charge in [-0.15, -0.1) is 0 Å². The molecule has 0 bridgehead atoms. The van der Waals surface area contributed by atoms with Crippen molar-refractivity contribution in [3.05, 3.63) is 65.7 Å². The number of benzene rings is 2. The van der Waals surface area contributed by atoms with Crippen molar-refractivity contribution in [2.75, 3.05) is 41.7 Å². The van der Waals surface area contributed by atoms with E-state index in [0.29, 0.717) is 10.7 Å². The lowest BCUT2D eigenvalue weighted by molar-refractivity contribution is 0.624. The Morgan fingerprint density at radius 3 is 2.21 bits per heavy atom. The Labute approximate surface area is 172 Å². The number of halogens is 2. The summed E-state index contributed by atoms with van der Waals surface area (Å²) in [4.78, 5) is 14.2. The van der Waals surface area contributed by atoms with Crippen molar-refractivity contribution in [2.24, 2.45) is 0 Å². The molecular weight excluding hydrogens is 397 g/mol. The molecule has 0 amide bonds. The van der Waals surface area contributed by atoms with Crippen LogP contribution in [-0.2, 0) is 0 Å². The average molecular weight is 416 g/mol. The predicted octanol–water partition coefficient (Wildman–Crippen LogP) is 4.33. The minimum absolute atomic E-state index is 0.220. The number of hydrogen-bond acceptors (Lipinski definition) is 6. The van der Waals surface area contributed by atoms with Crippen molar-refractivity contribution in [3.8, 4) is 0 Å².